The van der Waals surface area contributed by atoms with E-state index in [-0.39, 0.29) is 5.38 Å². The van der Waals surface area contributed by atoms with Crippen LogP contribution in [-0.4, -0.2) is 12.5 Å². The van der Waals surface area contributed by atoms with E-state index in [1.807, 2.05) is 12.1 Å². The first-order chi connectivity index (χ1) is 7.72. The maximum absolute atomic E-state index is 6.38. The van der Waals surface area contributed by atoms with Crippen LogP contribution >= 0.6 is 23.2 Å². The van der Waals surface area contributed by atoms with Gasteiger partial charge >= 0.3 is 0 Å². The van der Waals surface area contributed by atoms with Crippen LogP contribution in [0.2, 0.25) is 5.02 Å². The Hall–Kier alpha value is -0.400. The Kier molecular flexibility index (Phi) is 3.99. The fourth-order valence-electron chi connectivity index (χ4n) is 2.37. The second-order valence-corrected chi connectivity index (χ2v) is 5.27. The summed E-state index contributed by atoms with van der Waals surface area (Å²) >= 11 is 12.4. The molecule has 1 fully saturated rings. The second kappa shape index (κ2) is 5.29. The summed E-state index contributed by atoms with van der Waals surface area (Å²) < 4.78 is 5.24. The van der Waals surface area contributed by atoms with Crippen molar-refractivity contribution >= 4 is 23.2 Å². The number of methoxy groups -OCH3 is 1. The molecule has 0 bridgehead atoms. The van der Waals surface area contributed by atoms with Crippen molar-refractivity contribution in [3.05, 3.63) is 28.8 Å². The zero-order valence-electron chi connectivity index (χ0n) is 9.38. The van der Waals surface area contributed by atoms with Gasteiger partial charge in [0.25, 0.3) is 0 Å². The van der Waals surface area contributed by atoms with E-state index < -0.39 is 0 Å². The molecular formula is C13H16Cl2O. The van der Waals surface area contributed by atoms with E-state index in [0.29, 0.717) is 10.9 Å². The summed E-state index contributed by atoms with van der Waals surface area (Å²) in [5.41, 5.74) is 1.25. The molecule has 2 atom stereocenters. The van der Waals surface area contributed by atoms with Gasteiger partial charge in [-0.15, -0.1) is 11.6 Å². The van der Waals surface area contributed by atoms with Gasteiger partial charge in [-0.1, -0.05) is 30.5 Å². The third-order valence-corrected chi connectivity index (χ3v) is 4.12. The lowest BCUT2D eigenvalue weighted by atomic mass is 9.83. The van der Waals surface area contributed by atoms with Gasteiger partial charge in [0, 0.05) is 11.3 Å². The minimum atomic E-state index is 0.250. The first-order valence-corrected chi connectivity index (χ1v) is 6.51. The number of ether oxygens (including phenoxy) is 1. The molecule has 1 saturated carbocycles. The molecule has 2 unspecified atom stereocenters. The first kappa shape index (κ1) is 12.1. The number of hydrogen-bond acceptors (Lipinski definition) is 1. The van der Waals surface area contributed by atoms with Crippen molar-refractivity contribution in [3.63, 3.8) is 0 Å². The summed E-state index contributed by atoms with van der Waals surface area (Å²) in [6.45, 7) is 0. The highest BCUT2D eigenvalue weighted by atomic mass is 35.5. The fraction of sp³-hybridized carbons (Fsp3) is 0.538. The van der Waals surface area contributed by atoms with Crippen LogP contribution in [0, 0.1) is 0 Å². The molecule has 0 aromatic heterocycles. The maximum atomic E-state index is 6.38. The molecule has 0 N–H and O–H groups in total. The normalized spacial score (nSPS) is 25.4. The Morgan fingerprint density at radius 1 is 1.25 bits per heavy atom. The van der Waals surface area contributed by atoms with Crippen molar-refractivity contribution in [1.29, 1.82) is 0 Å². The topological polar surface area (TPSA) is 9.23 Å². The standard InChI is InChI=1S/C13H16Cl2O/c1-16-13-8-9(6-7-12(13)15)10-4-2-3-5-11(10)14/h6-8,10-11H,2-5H2,1H3. The summed E-state index contributed by atoms with van der Waals surface area (Å²) in [5, 5.41) is 0.910. The average molecular weight is 259 g/mol. The van der Waals surface area contributed by atoms with E-state index in [4.69, 9.17) is 27.9 Å². The summed E-state index contributed by atoms with van der Waals surface area (Å²) in [6.07, 6.45) is 4.78. The maximum Gasteiger partial charge on any atom is 0.137 e. The summed E-state index contributed by atoms with van der Waals surface area (Å²) in [6, 6.07) is 5.98. The second-order valence-electron chi connectivity index (χ2n) is 4.30. The third kappa shape index (κ3) is 2.46. The van der Waals surface area contributed by atoms with Crippen molar-refractivity contribution in [2.45, 2.75) is 37.0 Å². The molecule has 2 rings (SSSR count). The van der Waals surface area contributed by atoms with Crippen LogP contribution in [0.25, 0.3) is 0 Å². The molecule has 0 radical (unpaired) electrons. The van der Waals surface area contributed by atoms with Crippen LogP contribution < -0.4 is 4.74 Å². The number of halogens is 2. The smallest absolute Gasteiger partial charge is 0.137 e. The lowest BCUT2D eigenvalue weighted by Gasteiger charge is -2.27. The molecule has 1 aromatic rings. The van der Waals surface area contributed by atoms with Gasteiger partial charge in [-0.25, -0.2) is 0 Å². The van der Waals surface area contributed by atoms with Crippen molar-refractivity contribution in [3.8, 4) is 5.75 Å². The molecule has 88 valence electrons. The van der Waals surface area contributed by atoms with Crippen LogP contribution in [-0.2, 0) is 0 Å². The molecule has 0 spiro atoms. The Balaban J connectivity index is 2.25. The Bertz CT molecular complexity index is 365. The van der Waals surface area contributed by atoms with Crippen molar-refractivity contribution in [1.82, 2.24) is 0 Å². The van der Waals surface area contributed by atoms with Gasteiger partial charge in [-0.2, -0.15) is 0 Å². The van der Waals surface area contributed by atoms with Gasteiger partial charge in [0.1, 0.15) is 5.75 Å². The minimum Gasteiger partial charge on any atom is -0.495 e. The lowest BCUT2D eigenvalue weighted by molar-refractivity contribution is 0.410. The third-order valence-electron chi connectivity index (χ3n) is 3.28. The average Bonchev–Trinajstić information content (AvgIpc) is 2.31. The highest BCUT2D eigenvalue weighted by Crippen LogP contribution is 2.38. The summed E-state index contributed by atoms with van der Waals surface area (Å²) in [4.78, 5) is 0. The van der Waals surface area contributed by atoms with Gasteiger partial charge in [0.2, 0.25) is 0 Å². The molecule has 0 heterocycles. The Morgan fingerprint density at radius 2 is 2.00 bits per heavy atom. The molecule has 1 aliphatic rings. The van der Waals surface area contributed by atoms with Crippen molar-refractivity contribution in [2.75, 3.05) is 7.11 Å². The zero-order valence-corrected chi connectivity index (χ0v) is 10.9. The molecule has 3 heteroatoms. The highest BCUT2D eigenvalue weighted by molar-refractivity contribution is 6.32. The van der Waals surface area contributed by atoms with E-state index in [9.17, 15) is 0 Å². The van der Waals surface area contributed by atoms with Gasteiger partial charge in [0.05, 0.1) is 12.1 Å². The number of alkyl halides is 1. The van der Waals surface area contributed by atoms with E-state index in [1.165, 1.54) is 24.8 Å². The minimum absolute atomic E-state index is 0.250. The van der Waals surface area contributed by atoms with Crippen molar-refractivity contribution in [2.24, 2.45) is 0 Å². The van der Waals surface area contributed by atoms with E-state index in [0.717, 1.165) is 12.2 Å². The number of rotatable bonds is 2. The molecule has 1 aromatic carbocycles. The predicted molar refractivity (Wildman–Crippen MR) is 68.9 cm³/mol. The SMILES string of the molecule is COc1cc(C2CCCCC2Cl)ccc1Cl. The van der Waals surface area contributed by atoms with Crippen molar-refractivity contribution < 1.29 is 4.74 Å². The molecule has 0 aliphatic heterocycles. The Morgan fingerprint density at radius 3 is 2.69 bits per heavy atom. The summed E-state index contributed by atoms with van der Waals surface area (Å²) in [7, 11) is 1.64. The molecule has 0 amide bonds. The molecule has 1 aliphatic carbocycles. The predicted octanol–water partition coefficient (Wildman–Crippen LogP) is 4.61. The number of hydrogen-bond donors (Lipinski definition) is 0. The van der Waals surface area contributed by atoms with Crippen LogP contribution in [0.5, 0.6) is 5.75 Å². The van der Waals surface area contributed by atoms with Crippen LogP contribution in [0.15, 0.2) is 18.2 Å². The van der Waals surface area contributed by atoms with Crippen LogP contribution in [0.3, 0.4) is 0 Å². The van der Waals surface area contributed by atoms with Gasteiger partial charge in [0.15, 0.2) is 0 Å². The monoisotopic (exact) mass is 258 g/mol. The van der Waals surface area contributed by atoms with E-state index >= 15 is 0 Å². The van der Waals surface area contributed by atoms with Gasteiger partial charge < -0.3 is 4.74 Å². The number of benzene rings is 1. The van der Waals surface area contributed by atoms with E-state index in [2.05, 4.69) is 6.07 Å². The van der Waals surface area contributed by atoms with Crippen LogP contribution in [0.4, 0.5) is 0 Å². The molecular weight excluding hydrogens is 243 g/mol. The quantitative estimate of drug-likeness (QED) is 0.704. The highest BCUT2D eigenvalue weighted by Gasteiger charge is 2.25. The van der Waals surface area contributed by atoms with Gasteiger partial charge in [-0.3, -0.25) is 0 Å². The summed E-state index contributed by atoms with van der Waals surface area (Å²) in [5.74, 6) is 1.19. The van der Waals surface area contributed by atoms with Crippen LogP contribution in [0.1, 0.15) is 37.2 Å². The first-order valence-electron chi connectivity index (χ1n) is 5.70. The van der Waals surface area contributed by atoms with E-state index in [1.54, 1.807) is 7.11 Å². The molecule has 16 heavy (non-hydrogen) atoms. The van der Waals surface area contributed by atoms with Gasteiger partial charge in [-0.05, 0) is 30.5 Å². The zero-order chi connectivity index (χ0) is 11.5. The lowest BCUT2D eigenvalue weighted by Crippen LogP contribution is -2.17. The Labute approximate surface area is 107 Å². The molecule has 1 nitrogen and oxygen atoms in total. The molecule has 0 saturated heterocycles. The fourth-order valence-corrected chi connectivity index (χ4v) is 2.99. The largest absolute Gasteiger partial charge is 0.495 e.